The van der Waals surface area contributed by atoms with Gasteiger partial charge in [0, 0.05) is 13.0 Å². The van der Waals surface area contributed by atoms with E-state index in [2.05, 4.69) is 0 Å². The minimum absolute atomic E-state index is 0.151. The summed E-state index contributed by atoms with van der Waals surface area (Å²) in [6.45, 7) is 1.48. The molecular weight excluding hydrogens is 158 g/mol. The van der Waals surface area contributed by atoms with Crippen molar-refractivity contribution < 1.29 is 14.3 Å². The summed E-state index contributed by atoms with van der Waals surface area (Å²) < 4.78 is 5.36. The van der Waals surface area contributed by atoms with Crippen molar-refractivity contribution in [3.8, 4) is 0 Å². The summed E-state index contributed by atoms with van der Waals surface area (Å²) in [4.78, 5) is 10.4. The molecule has 1 heterocycles. The largest absolute Gasteiger partial charge is 0.619 e. The number of ether oxygens (including phenoxy) is 1. The number of pyridine rings is 1. The number of aromatic nitrogens is 1. The minimum Gasteiger partial charge on any atom is -0.619 e. The first-order chi connectivity index (χ1) is 5.68. The Morgan fingerprint density at radius 1 is 1.75 bits per heavy atom. The van der Waals surface area contributed by atoms with Crippen LogP contribution in [-0.2, 0) is 16.1 Å². The minimum atomic E-state index is -0.351. The van der Waals surface area contributed by atoms with Gasteiger partial charge >= 0.3 is 5.97 Å². The van der Waals surface area contributed by atoms with Gasteiger partial charge in [0.2, 0.25) is 0 Å². The number of nitrogens with zero attached hydrogens (tertiary/aromatic N) is 1. The van der Waals surface area contributed by atoms with E-state index >= 15 is 0 Å². The molecule has 0 saturated heterocycles. The van der Waals surface area contributed by atoms with Crippen LogP contribution in [0.2, 0.25) is 0 Å². The number of carbonyl (C=O) groups excluding carboxylic acids is 1. The fourth-order valence-corrected chi connectivity index (χ4v) is 0.771. The van der Waals surface area contributed by atoms with Gasteiger partial charge in [-0.2, -0.15) is 4.73 Å². The summed E-state index contributed by atoms with van der Waals surface area (Å²) in [7, 11) is 0. The first-order valence-corrected chi connectivity index (χ1v) is 3.49. The molecule has 0 unspecified atom stereocenters. The van der Waals surface area contributed by atoms with Gasteiger partial charge in [-0.05, 0) is 6.07 Å². The second kappa shape index (κ2) is 3.71. The lowest BCUT2D eigenvalue weighted by Gasteiger charge is -2.00. The van der Waals surface area contributed by atoms with Crippen molar-refractivity contribution in [2.45, 2.75) is 13.5 Å². The molecule has 0 aromatic carbocycles. The molecule has 0 aliphatic carbocycles. The third-order valence-electron chi connectivity index (χ3n) is 1.28. The van der Waals surface area contributed by atoms with E-state index in [1.807, 2.05) is 0 Å². The van der Waals surface area contributed by atoms with Gasteiger partial charge in [-0.25, -0.2) is 0 Å². The van der Waals surface area contributed by atoms with Crippen molar-refractivity contribution in [2.75, 3.05) is 0 Å². The third-order valence-corrected chi connectivity index (χ3v) is 1.28. The van der Waals surface area contributed by atoms with Gasteiger partial charge in [0.05, 0.1) is 5.56 Å². The van der Waals surface area contributed by atoms with E-state index in [1.54, 1.807) is 12.1 Å². The predicted octanol–water partition coefficient (Wildman–Crippen LogP) is 0.383. The molecule has 1 aromatic rings. The number of hydrogen-bond acceptors (Lipinski definition) is 3. The molecule has 1 rings (SSSR count). The van der Waals surface area contributed by atoms with Crippen LogP contribution in [0.25, 0.3) is 0 Å². The Bertz CT molecular complexity index is 285. The number of hydrogen-bond donors (Lipinski definition) is 0. The number of rotatable bonds is 2. The molecule has 64 valence electrons. The van der Waals surface area contributed by atoms with Crippen LogP contribution in [0.1, 0.15) is 12.5 Å². The van der Waals surface area contributed by atoms with Crippen molar-refractivity contribution >= 4 is 5.97 Å². The highest BCUT2D eigenvalue weighted by molar-refractivity contribution is 5.65. The monoisotopic (exact) mass is 167 g/mol. The van der Waals surface area contributed by atoms with Gasteiger partial charge in [-0.1, -0.05) is 0 Å². The van der Waals surface area contributed by atoms with Crippen molar-refractivity contribution in [1.29, 1.82) is 0 Å². The van der Waals surface area contributed by atoms with E-state index in [-0.39, 0.29) is 12.6 Å². The van der Waals surface area contributed by atoms with E-state index in [1.165, 1.54) is 19.3 Å². The molecule has 0 fully saturated rings. The molecule has 1 aromatic heterocycles. The van der Waals surface area contributed by atoms with E-state index in [9.17, 15) is 10.0 Å². The molecule has 0 atom stereocenters. The van der Waals surface area contributed by atoms with Crippen LogP contribution in [0.15, 0.2) is 24.5 Å². The van der Waals surface area contributed by atoms with Crippen LogP contribution in [0.3, 0.4) is 0 Å². The maximum Gasteiger partial charge on any atom is 0.302 e. The molecule has 0 aliphatic heterocycles. The molecule has 0 bridgehead atoms. The maximum absolute atomic E-state index is 10.7. The Morgan fingerprint density at radius 3 is 3.08 bits per heavy atom. The van der Waals surface area contributed by atoms with Gasteiger partial charge in [0.1, 0.15) is 6.61 Å². The van der Waals surface area contributed by atoms with Crippen LogP contribution >= 0.6 is 0 Å². The summed E-state index contributed by atoms with van der Waals surface area (Å²) in [6, 6.07) is 3.32. The number of carbonyl (C=O) groups is 1. The zero-order chi connectivity index (χ0) is 8.97. The number of esters is 1. The standard InChI is InChI=1S/C8H9NO3/c1-7(10)12-6-8-3-2-4-9(11)5-8/h2-5H,6H2,1H3. The summed E-state index contributed by atoms with van der Waals surface area (Å²) >= 11 is 0. The van der Waals surface area contributed by atoms with Crippen LogP contribution < -0.4 is 4.73 Å². The second-order valence-electron chi connectivity index (χ2n) is 2.35. The van der Waals surface area contributed by atoms with Gasteiger partial charge in [-0.15, -0.1) is 0 Å². The lowest BCUT2D eigenvalue weighted by molar-refractivity contribution is -0.606. The highest BCUT2D eigenvalue weighted by atomic mass is 16.5. The summed E-state index contributed by atoms with van der Waals surface area (Å²) in [5, 5.41) is 10.7. The predicted molar refractivity (Wildman–Crippen MR) is 40.9 cm³/mol. The average molecular weight is 167 g/mol. The zero-order valence-corrected chi connectivity index (χ0v) is 6.69. The van der Waals surface area contributed by atoms with E-state index in [4.69, 9.17) is 4.74 Å². The molecule has 0 saturated carbocycles. The molecule has 0 radical (unpaired) electrons. The van der Waals surface area contributed by atoms with Crippen molar-refractivity contribution in [3.63, 3.8) is 0 Å². The SMILES string of the molecule is CC(=O)OCc1ccc[n+]([O-])c1. The third kappa shape index (κ3) is 2.57. The zero-order valence-electron chi connectivity index (χ0n) is 6.69. The Hall–Kier alpha value is -1.58. The molecular formula is C8H9NO3. The topological polar surface area (TPSA) is 53.2 Å². The maximum atomic E-state index is 10.7. The first kappa shape index (κ1) is 8.52. The fourth-order valence-electron chi connectivity index (χ4n) is 0.771. The van der Waals surface area contributed by atoms with Crippen LogP contribution in [-0.4, -0.2) is 5.97 Å². The van der Waals surface area contributed by atoms with Crippen LogP contribution in [0.4, 0.5) is 0 Å². The second-order valence-corrected chi connectivity index (χ2v) is 2.35. The normalized spacial score (nSPS) is 9.42. The summed E-state index contributed by atoms with van der Waals surface area (Å²) in [6.07, 6.45) is 2.74. The van der Waals surface area contributed by atoms with E-state index in [0.29, 0.717) is 10.3 Å². The Kier molecular flexibility index (Phi) is 2.63. The molecule has 0 aliphatic rings. The fraction of sp³-hybridized carbons (Fsp3) is 0.250. The molecule has 0 amide bonds. The highest BCUT2D eigenvalue weighted by Crippen LogP contribution is 1.96. The molecule has 0 N–H and O–H groups in total. The molecule has 0 spiro atoms. The summed E-state index contributed by atoms with van der Waals surface area (Å²) in [5.41, 5.74) is 0.683. The smallest absolute Gasteiger partial charge is 0.302 e. The van der Waals surface area contributed by atoms with Crippen LogP contribution in [0.5, 0.6) is 0 Å². The van der Waals surface area contributed by atoms with Crippen molar-refractivity contribution in [2.24, 2.45) is 0 Å². The van der Waals surface area contributed by atoms with Gasteiger partial charge in [0.25, 0.3) is 0 Å². The quantitative estimate of drug-likeness (QED) is 0.363. The lowest BCUT2D eigenvalue weighted by atomic mass is 10.3. The Balaban J connectivity index is 2.57. The van der Waals surface area contributed by atoms with E-state index < -0.39 is 0 Å². The first-order valence-electron chi connectivity index (χ1n) is 3.49. The summed E-state index contributed by atoms with van der Waals surface area (Å²) in [5.74, 6) is -0.351. The highest BCUT2D eigenvalue weighted by Gasteiger charge is 1.98. The Morgan fingerprint density at radius 2 is 2.50 bits per heavy atom. The molecule has 4 nitrogen and oxygen atoms in total. The van der Waals surface area contributed by atoms with Crippen molar-refractivity contribution in [3.05, 3.63) is 35.3 Å². The lowest BCUT2D eigenvalue weighted by Crippen LogP contribution is -2.24. The molecule has 4 heteroatoms. The van der Waals surface area contributed by atoms with Gasteiger partial charge < -0.3 is 9.94 Å². The average Bonchev–Trinajstić information content (AvgIpc) is 2.01. The van der Waals surface area contributed by atoms with Gasteiger partial charge in [-0.3, -0.25) is 4.79 Å². The van der Waals surface area contributed by atoms with Crippen LogP contribution in [0, 0.1) is 5.21 Å². The van der Waals surface area contributed by atoms with E-state index in [0.717, 1.165) is 0 Å². The van der Waals surface area contributed by atoms with Crippen molar-refractivity contribution in [1.82, 2.24) is 0 Å². The molecule has 12 heavy (non-hydrogen) atoms. The van der Waals surface area contributed by atoms with Gasteiger partial charge in [0.15, 0.2) is 12.4 Å². The Labute approximate surface area is 70.0 Å².